The van der Waals surface area contributed by atoms with Crippen LogP contribution in [0.4, 0.5) is 5.69 Å². The number of benzene rings is 1. The molecule has 1 aliphatic rings. The second kappa shape index (κ2) is 16.4. The molecule has 1 saturated carbocycles. The van der Waals surface area contributed by atoms with E-state index < -0.39 is 42.0 Å². The number of nitrogens with zero attached hydrogens (tertiary/aromatic N) is 1. The first-order valence-electron chi connectivity index (χ1n) is 13.6. The quantitative estimate of drug-likeness (QED) is 0.139. The molecule has 0 aromatic heterocycles. The SMILES string of the molecule is C.CCC(=O)Nc1ccc(C(=O)NC(C(=O)N(C2CCCC2)[C@@H](CC)ONC(C=O)CC(=O)O)C(C)(C)C)c(Cl)c1. The third kappa shape index (κ3) is 10.4. The number of nitrogens with one attached hydrogen (secondary N) is 3. The van der Waals surface area contributed by atoms with Crippen LogP contribution in [0.25, 0.3) is 0 Å². The Kier molecular flexibility index (Phi) is 14.4. The van der Waals surface area contributed by atoms with Crippen molar-refractivity contribution in [2.75, 3.05) is 5.32 Å². The maximum absolute atomic E-state index is 14.2. The monoisotopic (exact) mass is 596 g/mol. The summed E-state index contributed by atoms with van der Waals surface area (Å²) in [6.45, 7) is 9.05. The van der Waals surface area contributed by atoms with E-state index in [9.17, 15) is 24.0 Å². The average molecular weight is 597 g/mol. The number of anilines is 1. The number of rotatable bonds is 14. The Morgan fingerprint density at radius 3 is 2.29 bits per heavy atom. The molecule has 1 fully saturated rings. The van der Waals surface area contributed by atoms with Gasteiger partial charge in [-0.05, 0) is 42.9 Å². The molecule has 12 heteroatoms. The summed E-state index contributed by atoms with van der Waals surface area (Å²) in [6, 6.07) is 2.34. The minimum Gasteiger partial charge on any atom is -0.481 e. The van der Waals surface area contributed by atoms with Crippen LogP contribution in [-0.2, 0) is 24.0 Å². The van der Waals surface area contributed by atoms with Crippen LogP contribution in [0.5, 0.6) is 0 Å². The molecule has 2 unspecified atom stereocenters. The molecule has 1 aliphatic carbocycles. The molecule has 3 amide bonds. The van der Waals surface area contributed by atoms with Gasteiger partial charge < -0.3 is 25.4 Å². The highest BCUT2D eigenvalue weighted by Crippen LogP contribution is 2.31. The van der Waals surface area contributed by atoms with E-state index >= 15 is 0 Å². The molecule has 0 radical (unpaired) electrons. The number of hydrogen-bond donors (Lipinski definition) is 4. The predicted molar refractivity (Wildman–Crippen MR) is 157 cm³/mol. The molecule has 3 atom stereocenters. The molecule has 4 N–H and O–H groups in total. The van der Waals surface area contributed by atoms with Crippen molar-refractivity contribution in [3.8, 4) is 0 Å². The van der Waals surface area contributed by atoms with E-state index in [1.54, 1.807) is 17.9 Å². The molecule has 1 aromatic carbocycles. The third-order valence-electron chi connectivity index (χ3n) is 6.75. The largest absolute Gasteiger partial charge is 0.481 e. The molecular weight excluding hydrogens is 552 g/mol. The van der Waals surface area contributed by atoms with Crippen molar-refractivity contribution in [2.45, 2.75) is 111 Å². The number of hydrogen-bond acceptors (Lipinski definition) is 7. The van der Waals surface area contributed by atoms with Crippen molar-refractivity contribution in [3.63, 3.8) is 0 Å². The van der Waals surface area contributed by atoms with E-state index in [0.717, 1.165) is 25.7 Å². The molecule has 0 aliphatic heterocycles. The molecule has 0 spiro atoms. The van der Waals surface area contributed by atoms with Crippen molar-refractivity contribution in [2.24, 2.45) is 5.41 Å². The Hall–Kier alpha value is -3.02. The van der Waals surface area contributed by atoms with Gasteiger partial charge in [0.05, 0.1) is 23.0 Å². The van der Waals surface area contributed by atoms with Gasteiger partial charge in [-0.25, -0.2) is 0 Å². The van der Waals surface area contributed by atoms with Gasteiger partial charge in [-0.1, -0.05) is 66.5 Å². The highest BCUT2D eigenvalue weighted by molar-refractivity contribution is 6.34. The number of carbonyl (C=O) groups is 5. The Labute approximate surface area is 247 Å². The molecule has 11 nitrogen and oxygen atoms in total. The lowest BCUT2D eigenvalue weighted by atomic mass is 9.85. The van der Waals surface area contributed by atoms with Crippen LogP contribution in [0, 0.1) is 5.41 Å². The first kappa shape index (κ1) is 36.0. The first-order valence-corrected chi connectivity index (χ1v) is 14.0. The van der Waals surface area contributed by atoms with Gasteiger partial charge in [0, 0.05) is 18.2 Å². The number of hydroxylamine groups is 1. The molecular formula is C29H45ClN4O7. The van der Waals surface area contributed by atoms with Crippen LogP contribution < -0.4 is 16.1 Å². The van der Waals surface area contributed by atoms with Gasteiger partial charge in [-0.15, -0.1) is 0 Å². The van der Waals surface area contributed by atoms with Gasteiger partial charge in [0.1, 0.15) is 12.3 Å². The zero-order chi connectivity index (χ0) is 30.0. The minimum absolute atomic E-state index is 0. The predicted octanol–water partition coefficient (Wildman–Crippen LogP) is 4.54. The summed E-state index contributed by atoms with van der Waals surface area (Å²) in [5.74, 6) is -2.26. The fraction of sp³-hybridized carbons (Fsp3) is 0.621. The van der Waals surface area contributed by atoms with Crippen molar-refractivity contribution in [3.05, 3.63) is 28.8 Å². The molecule has 0 bridgehead atoms. The maximum atomic E-state index is 14.2. The number of carbonyl (C=O) groups excluding carboxylic acids is 4. The Morgan fingerprint density at radius 2 is 1.80 bits per heavy atom. The van der Waals surface area contributed by atoms with Gasteiger partial charge in [0.2, 0.25) is 11.8 Å². The van der Waals surface area contributed by atoms with Gasteiger partial charge in [0.15, 0.2) is 6.23 Å². The van der Waals surface area contributed by atoms with Crippen LogP contribution in [0.3, 0.4) is 0 Å². The highest BCUT2D eigenvalue weighted by atomic mass is 35.5. The molecule has 41 heavy (non-hydrogen) atoms. The Morgan fingerprint density at radius 1 is 1.17 bits per heavy atom. The Bertz CT molecular complexity index is 1070. The lowest BCUT2D eigenvalue weighted by molar-refractivity contribution is -0.172. The first-order chi connectivity index (χ1) is 18.8. The number of carboxylic acids is 1. The van der Waals surface area contributed by atoms with E-state index in [2.05, 4.69) is 16.1 Å². The third-order valence-corrected chi connectivity index (χ3v) is 7.07. The smallest absolute Gasteiger partial charge is 0.305 e. The second-order valence-electron chi connectivity index (χ2n) is 11.0. The topological polar surface area (TPSA) is 154 Å². The van der Waals surface area contributed by atoms with Crippen LogP contribution in [0.2, 0.25) is 5.02 Å². The van der Waals surface area contributed by atoms with E-state index in [0.29, 0.717) is 24.8 Å². The van der Waals surface area contributed by atoms with Crippen molar-refractivity contribution in [1.82, 2.24) is 15.7 Å². The lowest BCUT2D eigenvalue weighted by Gasteiger charge is -2.41. The summed E-state index contributed by atoms with van der Waals surface area (Å²) in [4.78, 5) is 69.1. The van der Waals surface area contributed by atoms with E-state index in [-0.39, 0.29) is 35.9 Å². The normalized spacial score (nSPS) is 15.7. The summed E-state index contributed by atoms with van der Waals surface area (Å²) >= 11 is 6.38. The van der Waals surface area contributed by atoms with Crippen LogP contribution in [0.1, 0.15) is 97.3 Å². The van der Waals surface area contributed by atoms with Crippen LogP contribution >= 0.6 is 11.6 Å². The van der Waals surface area contributed by atoms with E-state index in [1.165, 1.54) is 12.1 Å². The van der Waals surface area contributed by atoms with Gasteiger partial charge in [-0.2, -0.15) is 5.48 Å². The summed E-state index contributed by atoms with van der Waals surface area (Å²) < 4.78 is 0. The van der Waals surface area contributed by atoms with Gasteiger partial charge in [-0.3, -0.25) is 24.0 Å². The van der Waals surface area contributed by atoms with Gasteiger partial charge in [0.25, 0.3) is 5.91 Å². The van der Waals surface area contributed by atoms with Crippen LogP contribution in [0.15, 0.2) is 18.2 Å². The Balaban J connectivity index is 0.00000840. The maximum Gasteiger partial charge on any atom is 0.305 e. The number of halogens is 1. The average Bonchev–Trinajstić information content (AvgIpc) is 3.41. The fourth-order valence-electron chi connectivity index (χ4n) is 4.58. The number of amides is 3. The minimum atomic E-state index is -1.17. The van der Waals surface area contributed by atoms with Crippen molar-refractivity contribution < 1.29 is 33.9 Å². The summed E-state index contributed by atoms with van der Waals surface area (Å²) in [5, 5.41) is 14.7. The summed E-state index contributed by atoms with van der Waals surface area (Å²) in [6.07, 6.45) is 3.17. The summed E-state index contributed by atoms with van der Waals surface area (Å²) in [5.41, 5.74) is 2.41. The van der Waals surface area contributed by atoms with Crippen molar-refractivity contribution >= 4 is 47.3 Å². The fourth-order valence-corrected chi connectivity index (χ4v) is 4.85. The highest BCUT2D eigenvalue weighted by Gasteiger charge is 2.42. The zero-order valence-corrected chi connectivity index (χ0v) is 24.5. The second-order valence-corrected chi connectivity index (χ2v) is 11.4. The number of aldehydes is 1. The van der Waals surface area contributed by atoms with Gasteiger partial charge >= 0.3 is 5.97 Å². The zero-order valence-electron chi connectivity index (χ0n) is 23.8. The molecule has 0 saturated heterocycles. The molecule has 2 rings (SSSR count). The molecule has 230 valence electrons. The standard InChI is InChI=1S/C28H41ClN4O7.CH4/c1-6-22(35)30-17-12-13-20(21(29)14-17)26(38)31-25(28(3,4)5)27(39)33(19-10-8-9-11-19)23(7-2)40-32-18(16-34)15-24(36)37;/h12-14,16,18-19,23,25,32H,6-11,15H2,1-5H3,(H,30,35)(H,31,38)(H,36,37);1H4/t18?,23-,25?;/m1./s1. The molecule has 0 heterocycles. The lowest BCUT2D eigenvalue weighted by Crippen LogP contribution is -2.60. The van der Waals surface area contributed by atoms with E-state index in [4.69, 9.17) is 21.5 Å². The van der Waals surface area contributed by atoms with E-state index in [1.807, 2.05) is 27.7 Å². The molecule has 1 aromatic rings. The van der Waals surface area contributed by atoms with Crippen molar-refractivity contribution in [1.29, 1.82) is 0 Å². The van der Waals surface area contributed by atoms with Crippen LogP contribution in [-0.4, -0.2) is 64.3 Å². The number of aliphatic carboxylic acids is 1. The number of carboxylic acid groups (broad SMARTS) is 1. The summed E-state index contributed by atoms with van der Waals surface area (Å²) in [7, 11) is 0.